The Morgan fingerprint density at radius 3 is 2.62 bits per heavy atom. The van der Waals surface area contributed by atoms with Crippen LogP contribution in [0, 0.1) is 6.92 Å². The Hall–Kier alpha value is -1.73. The highest BCUT2D eigenvalue weighted by atomic mass is 79.9. The minimum Gasteiger partial charge on any atom is -0.368 e. The second-order valence-corrected chi connectivity index (χ2v) is 6.17. The summed E-state index contributed by atoms with van der Waals surface area (Å²) in [7, 11) is 0. The van der Waals surface area contributed by atoms with Crippen molar-refractivity contribution in [2.45, 2.75) is 26.4 Å². The van der Waals surface area contributed by atoms with Crippen LogP contribution in [0.2, 0.25) is 0 Å². The Kier molecular flexibility index (Phi) is 3.77. The maximum absolute atomic E-state index is 5.61. The van der Waals surface area contributed by atoms with Gasteiger partial charge in [-0.2, -0.15) is 15.0 Å². The normalized spacial score (nSPS) is 15.0. The van der Waals surface area contributed by atoms with Crippen LogP contribution in [-0.4, -0.2) is 26.4 Å². The van der Waals surface area contributed by atoms with E-state index in [0.717, 1.165) is 19.5 Å². The molecule has 3 rings (SSSR count). The number of aromatic nitrogens is 3. The fourth-order valence-corrected chi connectivity index (χ4v) is 3.53. The summed E-state index contributed by atoms with van der Waals surface area (Å²) in [5, 5.41) is 0. The Morgan fingerprint density at radius 1 is 1.19 bits per heavy atom. The molecule has 1 aromatic carbocycles. The molecule has 0 radical (unpaired) electrons. The van der Waals surface area contributed by atoms with Crippen molar-refractivity contribution in [2.24, 2.45) is 0 Å². The molecule has 0 spiro atoms. The number of aryl methyl sites for hydroxylation is 1. The molecule has 7 heteroatoms. The molecule has 0 aliphatic carbocycles. The van der Waals surface area contributed by atoms with E-state index in [1.54, 1.807) is 0 Å². The van der Waals surface area contributed by atoms with E-state index in [9.17, 15) is 0 Å². The van der Waals surface area contributed by atoms with Gasteiger partial charge in [0.1, 0.15) is 5.82 Å². The minimum absolute atomic E-state index is 0.175. The summed E-state index contributed by atoms with van der Waals surface area (Å²) in [6.45, 7) is 4.57. The lowest BCUT2D eigenvalue weighted by Gasteiger charge is -2.29. The highest BCUT2D eigenvalue weighted by Crippen LogP contribution is 2.28. The van der Waals surface area contributed by atoms with Gasteiger partial charge in [0.15, 0.2) is 0 Å². The molecule has 2 heterocycles. The number of halogens is 1. The number of nitrogens with zero attached hydrogens (tertiary/aromatic N) is 4. The van der Waals surface area contributed by atoms with Crippen LogP contribution in [0.25, 0.3) is 0 Å². The number of fused-ring (bicyclic) bond motifs is 1. The van der Waals surface area contributed by atoms with Crippen molar-refractivity contribution in [3.05, 3.63) is 39.1 Å². The van der Waals surface area contributed by atoms with Crippen LogP contribution >= 0.6 is 15.9 Å². The molecule has 21 heavy (non-hydrogen) atoms. The average molecular weight is 349 g/mol. The predicted octanol–water partition coefficient (Wildman–Crippen LogP) is 1.67. The molecule has 0 fully saturated rings. The van der Waals surface area contributed by atoms with Gasteiger partial charge >= 0.3 is 0 Å². The van der Waals surface area contributed by atoms with E-state index in [-0.39, 0.29) is 11.9 Å². The molecule has 0 amide bonds. The maximum Gasteiger partial charge on any atom is 0.225 e. The van der Waals surface area contributed by atoms with Crippen LogP contribution in [0.4, 0.5) is 11.9 Å². The summed E-state index contributed by atoms with van der Waals surface area (Å²) in [6.07, 6.45) is 1.01. The molecular weight excluding hydrogens is 332 g/mol. The summed E-state index contributed by atoms with van der Waals surface area (Å²) >= 11 is 3.65. The molecular formula is C14H17BrN6. The van der Waals surface area contributed by atoms with Crippen LogP contribution in [0.3, 0.4) is 0 Å². The predicted molar refractivity (Wildman–Crippen MR) is 85.3 cm³/mol. The van der Waals surface area contributed by atoms with E-state index < -0.39 is 0 Å². The quantitative estimate of drug-likeness (QED) is 0.857. The third-order valence-electron chi connectivity index (χ3n) is 3.59. The van der Waals surface area contributed by atoms with Crippen LogP contribution in [0.5, 0.6) is 0 Å². The van der Waals surface area contributed by atoms with Crippen LogP contribution in [0.15, 0.2) is 16.6 Å². The smallest absolute Gasteiger partial charge is 0.225 e. The van der Waals surface area contributed by atoms with Crippen molar-refractivity contribution < 1.29 is 0 Å². The monoisotopic (exact) mass is 348 g/mol. The van der Waals surface area contributed by atoms with Crippen LogP contribution in [-0.2, 0) is 19.5 Å². The van der Waals surface area contributed by atoms with E-state index in [2.05, 4.69) is 54.8 Å². The molecule has 1 aromatic heterocycles. The Bertz CT molecular complexity index is 667. The fourth-order valence-electron chi connectivity index (χ4n) is 2.72. The fraction of sp³-hybridized carbons (Fsp3) is 0.357. The van der Waals surface area contributed by atoms with Gasteiger partial charge in [0.2, 0.25) is 11.9 Å². The number of benzene rings is 1. The van der Waals surface area contributed by atoms with Crippen LogP contribution < -0.4 is 11.5 Å². The topological polar surface area (TPSA) is 94.0 Å². The zero-order valence-corrected chi connectivity index (χ0v) is 13.4. The molecule has 0 bridgehead atoms. The molecule has 6 nitrogen and oxygen atoms in total. The van der Waals surface area contributed by atoms with Gasteiger partial charge < -0.3 is 11.5 Å². The highest BCUT2D eigenvalue weighted by molar-refractivity contribution is 9.10. The standard InChI is InChI=1S/C14H17BrN6/c1-8-4-9-6-21(3-2-10(9)11(15)5-8)7-12-18-13(16)20-14(17)19-12/h4-5H,2-3,6-7H2,1H3,(H4,16,17,18,19,20). The molecule has 1 aliphatic rings. The van der Waals surface area contributed by atoms with Crippen molar-refractivity contribution in [1.82, 2.24) is 19.9 Å². The number of rotatable bonds is 2. The molecule has 0 atom stereocenters. The maximum atomic E-state index is 5.61. The summed E-state index contributed by atoms with van der Waals surface area (Å²) in [6, 6.07) is 4.41. The van der Waals surface area contributed by atoms with Crippen molar-refractivity contribution >= 4 is 27.8 Å². The number of hydrogen-bond acceptors (Lipinski definition) is 6. The lowest BCUT2D eigenvalue weighted by atomic mass is 9.98. The summed E-state index contributed by atoms with van der Waals surface area (Å²) in [5.41, 5.74) is 15.2. The molecule has 1 aliphatic heterocycles. The van der Waals surface area contributed by atoms with Crippen molar-refractivity contribution in [1.29, 1.82) is 0 Å². The van der Waals surface area contributed by atoms with Gasteiger partial charge in [-0.25, -0.2) is 0 Å². The molecule has 110 valence electrons. The van der Waals surface area contributed by atoms with Crippen LogP contribution in [0.1, 0.15) is 22.5 Å². The zero-order chi connectivity index (χ0) is 15.0. The minimum atomic E-state index is 0.175. The molecule has 0 saturated carbocycles. The molecule has 0 unspecified atom stereocenters. The first-order valence-electron chi connectivity index (χ1n) is 6.77. The first-order chi connectivity index (χ1) is 10.0. The third-order valence-corrected chi connectivity index (χ3v) is 4.29. The second-order valence-electron chi connectivity index (χ2n) is 5.31. The van der Waals surface area contributed by atoms with E-state index in [1.807, 2.05) is 0 Å². The van der Waals surface area contributed by atoms with E-state index >= 15 is 0 Å². The van der Waals surface area contributed by atoms with Gasteiger partial charge in [-0.3, -0.25) is 4.90 Å². The van der Waals surface area contributed by atoms with Crippen molar-refractivity contribution in [3.63, 3.8) is 0 Å². The van der Waals surface area contributed by atoms with E-state index in [1.165, 1.54) is 21.2 Å². The van der Waals surface area contributed by atoms with Gasteiger partial charge in [-0.05, 0) is 36.1 Å². The zero-order valence-electron chi connectivity index (χ0n) is 11.8. The van der Waals surface area contributed by atoms with Gasteiger partial charge in [0, 0.05) is 17.6 Å². The molecule has 2 aromatic rings. The number of anilines is 2. The SMILES string of the molecule is Cc1cc(Br)c2c(c1)CN(Cc1nc(N)nc(N)n1)CC2. The summed E-state index contributed by atoms with van der Waals surface area (Å²) < 4.78 is 1.20. The largest absolute Gasteiger partial charge is 0.368 e. The van der Waals surface area contributed by atoms with E-state index in [4.69, 9.17) is 11.5 Å². The van der Waals surface area contributed by atoms with Crippen molar-refractivity contribution in [2.75, 3.05) is 18.0 Å². The number of nitrogens with two attached hydrogens (primary N) is 2. The Labute approximate surface area is 131 Å². The van der Waals surface area contributed by atoms with Gasteiger partial charge in [0.25, 0.3) is 0 Å². The number of hydrogen-bond donors (Lipinski definition) is 2. The van der Waals surface area contributed by atoms with Gasteiger partial charge in [0.05, 0.1) is 6.54 Å². The molecule has 0 saturated heterocycles. The highest BCUT2D eigenvalue weighted by Gasteiger charge is 2.19. The Morgan fingerprint density at radius 2 is 1.90 bits per heavy atom. The first-order valence-corrected chi connectivity index (χ1v) is 7.57. The molecule has 4 N–H and O–H groups in total. The second kappa shape index (κ2) is 5.57. The van der Waals surface area contributed by atoms with Gasteiger partial charge in [-0.1, -0.05) is 22.0 Å². The Balaban J connectivity index is 1.80. The lowest BCUT2D eigenvalue weighted by molar-refractivity contribution is 0.239. The first kappa shape index (κ1) is 14.2. The lowest BCUT2D eigenvalue weighted by Crippen LogP contribution is -2.31. The summed E-state index contributed by atoms with van der Waals surface area (Å²) in [5.74, 6) is 0.970. The third kappa shape index (κ3) is 3.14. The average Bonchev–Trinajstić information content (AvgIpc) is 2.36. The van der Waals surface area contributed by atoms with E-state index in [0.29, 0.717) is 12.4 Å². The summed E-state index contributed by atoms with van der Waals surface area (Å²) in [4.78, 5) is 14.4. The van der Waals surface area contributed by atoms with Gasteiger partial charge in [-0.15, -0.1) is 0 Å². The van der Waals surface area contributed by atoms with Crippen molar-refractivity contribution in [3.8, 4) is 0 Å². The number of nitrogen functional groups attached to an aromatic ring is 2.